The van der Waals surface area contributed by atoms with Crippen molar-refractivity contribution >= 4 is 45.6 Å². The number of thiophene rings is 1. The molecule has 1 fully saturated rings. The highest BCUT2D eigenvalue weighted by Crippen LogP contribution is 2.43. The standard InChI is InChI=1S/C17H19N3O4S2/c1-9-13(12-5-4-11(26-12)8-18-10(2)21)19-16(25-9)20-14(22)17(15(23)24)6-3-7-17/h4-5H,3,6-8H2,1-2H3,(H,18,21)(H,23,24)(H,19,20,22). The molecule has 0 aliphatic heterocycles. The second-order valence-corrected chi connectivity index (χ2v) is 8.67. The topological polar surface area (TPSA) is 108 Å². The van der Waals surface area contributed by atoms with Crippen LogP contribution in [0.1, 0.15) is 35.9 Å². The van der Waals surface area contributed by atoms with Crippen LogP contribution in [-0.2, 0) is 20.9 Å². The number of anilines is 1. The van der Waals surface area contributed by atoms with Gasteiger partial charge in [0.2, 0.25) is 11.8 Å². The SMILES string of the molecule is CC(=O)NCc1ccc(-c2nc(NC(=O)C3(C(=O)O)CCC3)sc2C)s1. The van der Waals surface area contributed by atoms with Gasteiger partial charge in [-0.2, -0.15) is 0 Å². The van der Waals surface area contributed by atoms with E-state index >= 15 is 0 Å². The Hall–Kier alpha value is -2.26. The summed E-state index contributed by atoms with van der Waals surface area (Å²) >= 11 is 2.85. The van der Waals surface area contributed by atoms with Gasteiger partial charge in [0.1, 0.15) is 5.41 Å². The molecular weight excluding hydrogens is 374 g/mol. The Balaban J connectivity index is 1.74. The molecule has 3 rings (SSSR count). The fourth-order valence-corrected chi connectivity index (χ4v) is 4.66. The summed E-state index contributed by atoms with van der Waals surface area (Å²) in [5.41, 5.74) is -0.545. The molecule has 2 aromatic heterocycles. The first-order valence-corrected chi connectivity index (χ1v) is 9.81. The van der Waals surface area contributed by atoms with Crippen molar-refractivity contribution in [2.45, 2.75) is 39.7 Å². The van der Waals surface area contributed by atoms with Crippen LogP contribution < -0.4 is 10.6 Å². The largest absolute Gasteiger partial charge is 0.480 e. The van der Waals surface area contributed by atoms with Crippen LogP contribution in [0.15, 0.2) is 12.1 Å². The van der Waals surface area contributed by atoms with Crippen LogP contribution >= 0.6 is 22.7 Å². The second kappa shape index (κ2) is 7.16. The van der Waals surface area contributed by atoms with Crippen molar-refractivity contribution in [1.82, 2.24) is 10.3 Å². The number of nitrogens with one attached hydrogen (secondary N) is 2. The second-order valence-electron chi connectivity index (χ2n) is 6.29. The molecule has 0 unspecified atom stereocenters. The smallest absolute Gasteiger partial charge is 0.319 e. The summed E-state index contributed by atoms with van der Waals surface area (Å²) in [5.74, 6) is -1.65. The first-order chi connectivity index (χ1) is 12.3. The predicted octanol–water partition coefficient (Wildman–Crippen LogP) is 3.01. The molecular formula is C17H19N3O4S2. The lowest BCUT2D eigenvalue weighted by atomic mass is 9.68. The van der Waals surface area contributed by atoms with E-state index in [0.717, 1.165) is 26.7 Å². The number of aryl methyl sites for hydroxylation is 1. The third-order valence-corrected chi connectivity index (χ3v) is 6.45. The number of carboxylic acids is 1. The van der Waals surface area contributed by atoms with Gasteiger partial charge in [0.25, 0.3) is 0 Å². The number of nitrogens with zero attached hydrogens (tertiary/aromatic N) is 1. The zero-order valence-electron chi connectivity index (χ0n) is 14.4. The Morgan fingerprint density at radius 3 is 2.58 bits per heavy atom. The summed E-state index contributed by atoms with van der Waals surface area (Å²) in [6.07, 6.45) is 1.47. The average molecular weight is 393 g/mol. The van der Waals surface area contributed by atoms with E-state index in [1.165, 1.54) is 29.6 Å². The van der Waals surface area contributed by atoms with Gasteiger partial charge in [0.15, 0.2) is 5.13 Å². The van der Waals surface area contributed by atoms with Crippen LogP contribution in [0.5, 0.6) is 0 Å². The first-order valence-electron chi connectivity index (χ1n) is 8.17. The van der Waals surface area contributed by atoms with Crippen molar-refractivity contribution in [3.63, 3.8) is 0 Å². The molecule has 138 valence electrons. The molecule has 7 nitrogen and oxygen atoms in total. The number of carbonyl (C=O) groups is 3. The summed E-state index contributed by atoms with van der Waals surface area (Å²) in [4.78, 5) is 42.2. The normalized spacial score (nSPS) is 15.2. The molecule has 0 bridgehead atoms. The van der Waals surface area contributed by atoms with Crippen molar-refractivity contribution in [1.29, 1.82) is 0 Å². The molecule has 0 spiro atoms. The lowest BCUT2D eigenvalue weighted by Gasteiger charge is -2.35. The van der Waals surface area contributed by atoms with Crippen LogP contribution in [0.2, 0.25) is 0 Å². The molecule has 0 radical (unpaired) electrons. The van der Waals surface area contributed by atoms with E-state index < -0.39 is 17.3 Å². The van der Waals surface area contributed by atoms with E-state index in [2.05, 4.69) is 15.6 Å². The minimum atomic E-state index is -1.31. The molecule has 1 saturated carbocycles. The van der Waals surface area contributed by atoms with Gasteiger partial charge in [-0.15, -0.1) is 22.7 Å². The number of aliphatic carboxylic acids is 1. The van der Waals surface area contributed by atoms with Gasteiger partial charge < -0.3 is 15.7 Å². The Morgan fingerprint density at radius 1 is 1.27 bits per heavy atom. The van der Waals surface area contributed by atoms with E-state index in [-0.39, 0.29) is 5.91 Å². The van der Waals surface area contributed by atoms with Gasteiger partial charge in [-0.3, -0.25) is 14.4 Å². The van der Waals surface area contributed by atoms with Gasteiger partial charge in [0, 0.05) is 16.7 Å². The average Bonchev–Trinajstić information content (AvgIpc) is 3.10. The molecule has 1 aliphatic rings. The van der Waals surface area contributed by atoms with E-state index in [1.54, 1.807) is 0 Å². The number of carboxylic acid groups (broad SMARTS) is 1. The third-order valence-electron chi connectivity index (χ3n) is 4.47. The molecule has 3 N–H and O–H groups in total. The number of hydrogen-bond donors (Lipinski definition) is 3. The highest BCUT2D eigenvalue weighted by molar-refractivity contribution is 7.18. The van der Waals surface area contributed by atoms with Crippen molar-refractivity contribution in [3.8, 4) is 10.6 Å². The Morgan fingerprint density at radius 2 is 2.00 bits per heavy atom. The molecule has 0 atom stereocenters. The molecule has 9 heteroatoms. The minimum Gasteiger partial charge on any atom is -0.480 e. The summed E-state index contributed by atoms with van der Waals surface area (Å²) in [5, 5.41) is 15.2. The molecule has 1 aliphatic carbocycles. The van der Waals surface area contributed by atoms with Crippen LogP contribution in [0, 0.1) is 12.3 Å². The van der Waals surface area contributed by atoms with E-state index in [1.807, 2.05) is 19.1 Å². The van der Waals surface area contributed by atoms with Crippen LogP contribution in [0.4, 0.5) is 5.13 Å². The van der Waals surface area contributed by atoms with Crippen LogP contribution in [0.25, 0.3) is 10.6 Å². The molecule has 0 aromatic carbocycles. The number of thiazole rings is 1. The Bertz CT molecular complexity index is 867. The molecule has 26 heavy (non-hydrogen) atoms. The monoisotopic (exact) mass is 393 g/mol. The van der Waals surface area contributed by atoms with E-state index in [9.17, 15) is 19.5 Å². The zero-order chi connectivity index (χ0) is 18.9. The van der Waals surface area contributed by atoms with Crippen LogP contribution in [-0.4, -0.2) is 27.9 Å². The maximum absolute atomic E-state index is 12.4. The number of rotatable bonds is 6. The van der Waals surface area contributed by atoms with E-state index in [0.29, 0.717) is 24.5 Å². The zero-order valence-corrected chi connectivity index (χ0v) is 16.1. The summed E-state index contributed by atoms with van der Waals surface area (Å²) < 4.78 is 0. The lowest BCUT2D eigenvalue weighted by Crippen LogP contribution is -2.48. The Labute approximate surface area is 158 Å². The minimum absolute atomic E-state index is 0.0851. The quantitative estimate of drug-likeness (QED) is 0.654. The third kappa shape index (κ3) is 3.49. The maximum Gasteiger partial charge on any atom is 0.319 e. The van der Waals surface area contributed by atoms with Gasteiger partial charge in [-0.25, -0.2) is 4.98 Å². The van der Waals surface area contributed by atoms with Crippen molar-refractivity contribution in [2.24, 2.45) is 5.41 Å². The number of amides is 2. The maximum atomic E-state index is 12.4. The van der Waals surface area contributed by atoms with Gasteiger partial charge in [0.05, 0.1) is 17.1 Å². The fourth-order valence-electron chi connectivity index (χ4n) is 2.78. The fraction of sp³-hybridized carbons (Fsp3) is 0.412. The molecule has 0 saturated heterocycles. The summed E-state index contributed by atoms with van der Waals surface area (Å²) in [7, 11) is 0. The Kier molecular flexibility index (Phi) is 5.10. The summed E-state index contributed by atoms with van der Waals surface area (Å²) in [6.45, 7) is 3.85. The number of carbonyl (C=O) groups excluding carboxylic acids is 2. The van der Waals surface area contributed by atoms with Crippen molar-refractivity contribution in [2.75, 3.05) is 5.32 Å². The van der Waals surface area contributed by atoms with E-state index in [4.69, 9.17) is 0 Å². The van der Waals surface area contributed by atoms with Gasteiger partial charge >= 0.3 is 5.97 Å². The highest BCUT2D eigenvalue weighted by atomic mass is 32.1. The first kappa shape index (κ1) is 18.5. The summed E-state index contributed by atoms with van der Waals surface area (Å²) in [6, 6.07) is 3.86. The van der Waals surface area contributed by atoms with Gasteiger partial charge in [-0.05, 0) is 31.9 Å². The van der Waals surface area contributed by atoms with Gasteiger partial charge in [-0.1, -0.05) is 6.42 Å². The molecule has 2 heterocycles. The number of hydrogen-bond acceptors (Lipinski definition) is 6. The molecule has 2 aromatic rings. The van der Waals surface area contributed by atoms with Crippen LogP contribution in [0.3, 0.4) is 0 Å². The lowest BCUT2D eigenvalue weighted by molar-refractivity contribution is -0.159. The molecule has 2 amide bonds. The highest BCUT2D eigenvalue weighted by Gasteiger charge is 2.51. The predicted molar refractivity (Wildman–Crippen MR) is 100 cm³/mol. The number of aromatic nitrogens is 1. The van der Waals surface area contributed by atoms with Crippen molar-refractivity contribution in [3.05, 3.63) is 21.9 Å². The van der Waals surface area contributed by atoms with Crippen molar-refractivity contribution < 1.29 is 19.5 Å².